The summed E-state index contributed by atoms with van der Waals surface area (Å²) >= 11 is 1.35. The number of aryl methyl sites for hydroxylation is 1. The zero-order valence-corrected chi connectivity index (χ0v) is 14.8. The molecule has 0 bridgehead atoms. The Labute approximate surface area is 149 Å². The number of anilines is 1. The Morgan fingerprint density at radius 1 is 1.20 bits per heavy atom. The lowest BCUT2D eigenvalue weighted by atomic mass is 10.1. The maximum atomic E-state index is 12.0. The third-order valence-electron chi connectivity index (χ3n) is 4.13. The number of carbonyl (C=O) groups is 3. The quantitative estimate of drug-likeness (QED) is 0.806. The number of carbonyl (C=O) groups excluding carboxylic acids is 3. The highest BCUT2D eigenvalue weighted by molar-refractivity contribution is 7.14. The van der Waals surface area contributed by atoms with Gasteiger partial charge in [-0.05, 0) is 12.0 Å². The van der Waals surface area contributed by atoms with Crippen LogP contribution in [0.5, 0.6) is 0 Å². The van der Waals surface area contributed by atoms with Crippen LogP contribution in [0.15, 0.2) is 29.6 Å². The van der Waals surface area contributed by atoms with Gasteiger partial charge in [0.2, 0.25) is 17.7 Å². The van der Waals surface area contributed by atoms with Gasteiger partial charge in [0.25, 0.3) is 0 Å². The second kappa shape index (κ2) is 7.57. The second-order valence-corrected chi connectivity index (χ2v) is 6.68. The normalized spacial score (nSPS) is 14.2. The van der Waals surface area contributed by atoms with E-state index in [-0.39, 0.29) is 43.5 Å². The van der Waals surface area contributed by atoms with Crippen LogP contribution in [-0.4, -0.2) is 34.2 Å². The van der Waals surface area contributed by atoms with Crippen molar-refractivity contribution in [2.24, 2.45) is 0 Å². The van der Waals surface area contributed by atoms with Gasteiger partial charge in [-0.3, -0.25) is 19.3 Å². The van der Waals surface area contributed by atoms with Crippen molar-refractivity contribution < 1.29 is 14.4 Å². The summed E-state index contributed by atoms with van der Waals surface area (Å²) in [7, 11) is 0. The molecule has 0 spiro atoms. The van der Waals surface area contributed by atoms with E-state index in [0.29, 0.717) is 5.13 Å². The van der Waals surface area contributed by atoms with Crippen molar-refractivity contribution in [3.63, 3.8) is 0 Å². The minimum atomic E-state index is -0.255. The van der Waals surface area contributed by atoms with Crippen LogP contribution in [0.1, 0.15) is 31.7 Å². The molecule has 2 aromatic rings. The summed E-state index contributed by atoms with van der Waals surface area (Å²) in [6, 6.07) is 8.17. The molecule has 1 aromatic heterocycles. The van der Waals surface area contributed by atoms with Crippen LogP contribution in [0.3, 0.4) is 0 Å². The number of rotatable bonds is 6. The zero-order chi connectivity index (χ0) is 17.8. The van der Waals surface area contributed by atoms with Gasteiger partial charge >= 0.3 is 0 Å². The summed E-state index contributed by atoms with van der Waals surface area (Å²) in [6.07, 6.45) is 1.55. The lowest BCUT2D eigenvalue weighted by molar-refractivity contribution is -0.138. The van der Waals surface area contributed by atoms with Crippen molar-refractivity contribution in [1.82, 2.24) is 9.88 Å². The van der Waals surface area contributed by atoms with Crippen LogP contribution in [-0.2, 0) is 20.8 Å². The highest BCUT2D eigenvalue weighted by atomic mass is 32.1. The first-order valence-electron chi connectivity index (χ1n) is 8.24. The molecule has 1 N–H and O–H groups in total. The van der Waals surface area contributed by atoms with Crippen molar-refractivity contribution >= 4 is 34.2 Å². The Hall–Kier alpha value is -2.54. The minimum absolute atomic E-state index is 0.0809. The van der Waals surface area contributed by atoms with E-state index < -0.39 is 0 Å². The Kier molecular flexibility index (Phi) is 5.23. The predicted octanol–water partition coefficient (Wildman–Crippen LogP) is 2.85. The molecule has 1 aliphatic rings. The van der Waals surface area contributed by atoms with Gasteiger partial charge in [-0.15, -0.1) is 11.3 Å². The van der Waals surface area contributed by atoms with Crippen molar-refractivity contribution in [2.75, 3.05) is 11.9 Å². The van der Waals surface area contributed by atoms with Gasteiger partial charge in [-0.1, -0.05) is 31.2 Å². The summed E-state index contributed by atoms with van der Waals surface area (Å²) < 4.78 is 0. The Balaban J connectivity index is 1.56. The molecule has 3 rings (SSSR count). The molecule has 0 aliphatic carbocycles. The lowest BCUT2D eigenvalue weighted by Crippen LogP contribution is -2.32. The number of likely N-dealkylation sites (tertiary alicyclic amines) is 1. The molecule has 7 heteroatoms. The SMILES string of the molecule is CCc1ccc(-c2csc(NC(=O)CCN3C(=O)CCC3=O)n2)cc1. The molecule has 0 unspecified atom stereocenters. The van der Waals surface area contributed by atoms with E-state index in [1.807, 2.05) is 17.5 Å². The van der Waals surface area contributed by atoms with E-state index in [0.717, 1.165) is 22.6 Å². The maximum absolute atomic E-state index is 12.0. The fourth-order valence-corrected chi connectivity index (χ4v) is 3.38. The van der Waals surface area contributed by atoms with Crippen LogP contribution in [0.2, 0.25) is 0 Å². The van der Waals surface area contributed by atoms with E-state index in [2.05, 4.69) is 29.4 Å². The largest absolute Gasteiger partial charge is 0.302 e. The summed E-state index contributed by atoms with van der Waals surface area (Å²) in [5.74, 6) is -0.663. The van der Waals surface area contributed by atoms with E-state index >= 15 is 0 Å². The van der Waals surface area contributed by atoms with E-state index in [1.54, 1.807) is 0 Å². The predicted molar refractivity (Wildman–Crippen MR) is 96.1 cm³/mol. The summed E-state index contributed by atoms with van der Waals surface area (Å²) in [5.41, 5.74) is 3.08. The van der Waals surface area contributed by atoms with Gasteiger partial charge in [0, 0.05) is 36.8 Å². The molecule has 0 atom stereocenters. The summed E-state index contributed by atoms with van der Waals surface area (Å²) in [6.45, 7) is 2.23. The number of amides is 3. The molecule has 1 fully saturated rings. The Morgan fingerprint density at radius 3 is 2.52 bits per heavy atom. The molecule has 130 valence electrons. The van der Waals surface area contributed by atoms with Crippen LogP contribution in [0, 0.1) is 0 Å². The van der Waals surface area contributed by atoms with Crippen molar-refractivity contribution in [3.8, 4) is 11.3 Å². The standard InChI is InChI=1S/C18H19N3O3S/c1-2-12-3-5-13(6-4-12)14-11-25-18(19-14)20-15(22)9-10-21-16(23)7-8-17(21)24/h3-6,11H,2,7-10H2,1H3,(H,19,20,22). The molecular formula is C18H19N3O3S. The third-order valence-corrected chi connectivity index (χ3v) is 4.88. The molecule has 2 heterocycles. The number of aromatic nitrogens is 1. The number of imide groups is 1. The summed E-state index contributed by atoms with van der Waals surface area (Å²) in [4.78, 5) is 40.6. The van der Waals surface area contributed by atoms with Crippen molar-refractivity contribution in [3.05, 3.63) is 35.2 Å². The maximum Gasteiger partial charge on any atom is 0.229 e. The molecule has 25 heavy (non-hydrogen) atoms. The molecule has 0 radical (unpaired) electrons. The molecule has 1 saturated heterocycles. The van der Waals surface area contributed by atoms with Crippen LogP contribution < -0.4 is 5.32 Å². The monoisotopic (exact) mass is 357 g/mol. The van der Waals surface area contributed by atoms with Gasteiger partial charge in [-0.25, -0.2) is 4.98 Å². The molecule has 0 saturated carbocycles. The van der Waals surface area contributed by atoms with Gasteiger partial charge in [-0.2, -0.15) is 0 Å². The number of hydrogen-bond acceptors (Lipinski definition) is 5. The van der Waals surface area contributed by atoms with Gasteiger partial charge < -0.3 is 5.32 Å². The smallest absolute Gasteiger partial charge is 0.229 e. The Bertz CT molecular complexity index is 782. The van der Waals surface area contributed by atoms with E-state index in [4.69, 9.17) is 0 Å². The third kappa shape index (κ3) is 4.11. The number of benzene rings is 1. The van der Waals surface area contributed by atoms with Crippen LogP contribution >= 0.6 is 11.3 Å². The average molecular weight is 357 g/mol. The van der Waals surface area contributed by atoms with E-state index in [1.165, 1.54) is 16.9 Å². The van der Waals surface area contributed by atoms with Crippen molar-refractivity contribution in [2.45, 2.75) is 32.6 Å². The molecule has 1 aromatic carbocycles. The number of nitrogens with zero attached hydrogens (tertiary/aromatic N) is 2. The van der Waals surface area contributed by atoms with Gasteiger partial charge in [0.15, 0.2) is 5.13 Å². The topological polar surface area (TPSA) is 79.4 Å². The summed E-state index contributed by atoms with van der Waals surface area (Å²) in [5, 5.41) is 5.13. The fraction of sp³-hybridized carbons (Fsp3) is 0.333. The first kappa shape index (κ1) is 17.3. The molecule has 1 aliphatic heterocycles. The second-order valence-electron chi connectivity index (χ2n) is 5.83. The number of nitrogens with one attached hydrogen (secondary N) is 1. The van der Waals surface area contributed by atoms with E-state index in [9.17, 15) is 14.4 Å². The van der Waals surface area contributed by atoms with Gasteiger partial charge in [0.1, 0.15) is 0 Å². The van der Waals surface area contributed by atoms with Crippen LogP contribution in [0.4, 0.5) is 5.13 Å². The highest BCUT2D eigenvalue weighted by Crippen LogP contribution is 2.25. The van der Waals surface area contributed by atoms with Crippen LogP contribution in [0.25, 0.3) is 11.3 Å². The molecular weight excluding hydrogens is 338 g/mol. The fourth-order valence-electron chi connectivity index (χ4n) is 2.64. The lowest BCUT2D eigenvalue weighted by Gasteiger charge is -2.12. The zero-order valence-electron chi connectivity index (χ0n) is 13.9. The minimum Gasteiger partial charge on any atom is -0.302 e. The highest BCUT2D eigenvalue weighted by Gasteiger charge is 2.28. The molecule has 6 nitrogen and oxygen atoms in total. The number of hydrogen-bond donors (Lipinski definition) is 1. The average Bonchev–Trinajstić information content (AvgIpc) is 3.20. The molecule has 3 amide bonds. The van der Waals surface area contributed by atoms with Crippen molar-refractivity contribution in [1.29, 1.82) is 0 Å². The Morgan fingerprint density at radius 2 is 1.88 bits per heavy atom. The number of thiazole rings is 1. The van der Waals surface area contributed by atoms with Gasteiger partial charge in [0.05, 0.1) is 5.69 Å². The first-order valence-corrected chi connectivity index (χ1v) is 9.12. The first-order chi connectivity index (χ1) is 12.1.